The molecule has 0 spiro atoms. The number of carbonyl (C=O) groups is 1. The second-order valence-electron chi connectivity index (χ2n) is 3.30. The van der Waals surface area contributed by atoms with Gasteiger partial charge >= 0.3 is 0 Å². The molecule has 0 unspecified atom stereocenters. The zero-order chi connectivity index (χ0) is 11.8. The van der Waals surface area contributed by atoms with Gasteiger partial charge in [-0.3, -0.25) is 10.2 Å². The summed E-state index contributed by atoms with van der Waals surface area (Å²) in [6.07, 6.45) is 0.818. The zero-order valence-corrected chi connectivity index (χ0v) is 9.80. The third-order valence-corrected chi connectivity index (χ3v) is 3.18. The molecule has 0 atom stereocenters. The number of nitrogens with one attached hydrogen (secondary N) is 1. The highest BCUT2D eigenvalue weighted by molar-refractivity contribution is 7.98. The van der Waals surface area contributed by atoms with Crippen LogP contribution in [-0.2, 0) is 5.75 Å². The van der Waals surface area contributed by atoms with E-state index in [-0.39, 0.29) is 12.5 Å². The molecule has 1 amide bonds. The van der Waals surface area contributed by atoms with Crippen LogP contribution in [0.2, 0.25) is 0 Å². The summed E-state index contributed by atoms with van der Waals surface area (Å²) in [5.41, 5.74) is 3.81. The van der Waals surface area contributed by atoms with E-state index in [1.165, 1.54) is 0 Å². The number of hydrazine groups is 1. The van der Waals surface area contributed by atoms with Crippen LogP contribution in [0.5, 0.6) is 0 Å². The number of aliphatic hydroxyl groups excluding tert-OH is 1. The summed E-state index contributed by atoms with van der Waals surface area (Å²) in [5, 5.41) is 8.62. The predicted octanol–water partition coefficient (Wildman–Crippen LogP) is 0.906. The summed E-state index contributed by atoms with van der Waals surface area (Å²) < 4.78 is 0. The fraction of sp³-hybridized carbons (Fsp3) is 0.364. The van der Waals surface area contributed by atoms with Crippen molar-refractivity contribution in [3.8, 4) is 0 Å². The van der Waals surface area contributed by atoms with Gasteiger partial charge in [-0.1, -0.05) is 12.1 Å². The quantitative estimate of drug-likeness (QED) is 0.299. The van der Waals surface area contributed by atoms with Gasteiger partial charge in [-0.05, 0) is 29.9 Å². The molecule has 0 radical (unpaired) electrons. The summed E-state index contributed by atoms with van der Waals surface area (Å²) in [6, 6.07) is 7.33. The molecular formula is C11H16N2O2S. The van der Waals surface area contributed by atoms with Gasteiger partial charge in [-0.2, -0.15) is 11.8 Å². The van der Waals surface area contributed by atoms with Gasteiger partial charge in [0.1, 0.15) is 0 Å². The lowest BCUT2D eigenvalue weighted by molar-refractivity contribution is 0.0953. The van der Waals surface area contributed by atoms with Crippen molar-refractivity contribution < 1.29 is 9.90 Å². The number of amides is 1. The lowest BCUT2D eigenvalue weighted by atomic mass is 10.1. The van der Waals surface area contributed by atoms with Crippen LogP contribution in [0.15, 0.2) is 24.3 Å². The van der Waals surface area contributed by atoms with E-state index < -0.39 is 0 Å². The Balaban J connectivity index is 2.42. The number of nitrogens with two attached hydrogens (primary N) is 1. The van der Waals surface area contributed by atoms with Gasteiger partial charge in [0.15, 0.2) is 0 Å². The van der Waals surface area contributed by atoms with Crippen molar-refractivity contribution in [2.24, 2.45) is 5.84 Å². The molecule has 0 aromatic heterocycles. The number of aliphatic hydroxyl groups is 1. The fourth-order valence-electron chi connectivity index (χ4n) is 1.19. The Bertz CT molecular complexity index is 327. The Labute approximate surface area is 99.2 Å². The predicted molar refractivity (Wildman–Crippen MR) is 66.0 cm³/mol. The molecule has 0 aliphatic rings. The Morgan fingerprint density at radius 2 is 2.06 bits per heavy atom. The van der Waals surface area contributed by atoms with Crippen molar-refractivity contribution >= 4 is 17.7 Å². The first-order valence-corrected chi connectivity index (χ1v) is 6.22. The molecule has 5 heteroatoms. The first kappa shape index (κ1) is 13.0. The van der Waals surface area contributed by atoms with Gasteiger partial charge in [0.05, 0.1) is 0 Å². The van der Waals surface area contributed by atoms with E-state index in [9.17, 15) is 4.79 Å². The molecule has 0 heterocycles. The molecule has 1 rings (SSSR count). The van der Waals surface area contributed by atoms with Crippen LogP contribution in [0.3, 0.4) is 0 Å². The third kappa shape index (κ3) is 4.22. The Hall–Kier alpha value is -1.04. The number of hydrogen-bond acceptors (Lipinski definition) is 4. The minimum absolute atomic E-state index is 0.239. The summed E-state index contributed by atoms with van der Waals surface area (Å²) in [6.45, 7) is 0.239. The molecule has 0 saturated heterocycles. The lowest BCUT2D eigenvalue weighted by Gasteiger charge is -2.03. The van der Waals surface area contributed by atoms with Crippen LogP contribution in [0.25, 0.3) is 0 Å². The van der Waals surface area contributed by atoms with Crippen LogP contribution in [0, 0.1) is 0 Å². The van der Waals surface area contributed by atoms with Crippen molar-refractivity contribution in [3.63, 3.8) is 0 Å². The highest BCUT2D eigenvalue weighted by atomic mass is 32.2. The first-order chi connectivity index (χ1) is 7.77. The summed E-state index contributed by atoms with van der Waals surface area (Å²) in [4.78, 5) is 11.2. The molecule has 0 bridgehead atoms. The fourth-order valence-corrected chi connectivity index (χ4v) is 2.10. The maximum absolute atomic E-state index is 11.2. The number of hydrogen-bond donors (Lipinski definition) is 3. The van der Waals surface area contributed by atoms with Gasteiger partial charge in [0.25, 0.3) is 5.91 Å². The van der Waals surface area contributed by atoms with E-state index in [0.717, 1.165) is 23.5 Å². The summed E-state index contributed by atoms with van der Waals surface area (Å²) >= 11 is 1.77. The minimum Gasteiger partial charge on any atom is -0.396 e. The number of nitrogen functional groups attached to an aromatic ring is 1. The molecule has 0 saturated carbocycles. The number of rotatable bonds is 6. The number of thioether (sulfide) groups is 1. The van der Waals surface area contributed by atoms with E-state index in [4.69, 9.17) is 10.9 Å². The van der Waals surface area contributed by atoms with Crippen molar-refractivity contribution in [2.75, 3.05) is 12.4 Å². The normalized spacial score (nSPS) is 10.1. The maximum atomic E-state index is 11.2. The van der Waals surface area contributed by atoms with Crippen molar-refractivity contribution in [2.45, 2.75) is 12.2 Å². The summed E-state index contributed by atoms with van der Waals surface area (Å²) in [7, 11) is 0. The maximum Gasteiger partial charge on any atom is 0.265 e. The van der Waals surface area contributed by atoms with Gasteiger partial charge in [0, 0.05) is 17.9 Å². The molecule has 1 aromatic carbocycles. The Morgan fingerprint density at radius 3 is 2.62 bits per heavy atom. The first-order valence-electron chi connectivity index (χ1n) is 5.06. The number of carbonyl (C=O) groups excluding carboxylic acids is 1. The van der Waals surface area contributed by atoms with Gasteiger partial charge < -0.3 is 5.11 Å². The Morgan fingerprint density at radius 1 is 1.38 bits per heavy atom. The van der Waals surface area contributed by atoms with Crippen LogP contribution >= 0.6 is 11.8 Å². The highest BCUT2D eigenvalue weighted by Crippen LogP contribution is 2.13. The molecule has 88 valence electrons. The van der Waals surface area contributed by atoms with Crippen molar-refractivity contribution in [3.05, 3.63) is 35.4 Å². The average molecular weight is 240 g/mol. The lowest BCUT2D eigenvalue weighted by Crippen LogP contribution is -2.29. The van der Waals surface area contributed by atoms with Gasteiger partial charge in [-0.15, -0.1) is 0 Å². The van der Waals surface area contributed by atoms with Crippen molar-refractivity contribution in [1.82, 2.24) is 5.43 Å². The van der Waals surface area contributed by atoms with E-state index in [0.29, 0.717) is 5.56 Å². The van der Waals surface area contributed by atoms with Crippen LogP contribution in [0.4, 0.5) is 0 Å². The topological polar surface area (TPSA) is 75.3 Å². The van der Waals surface area contributed by atoms with Crippen molar-refractivity contribution in [1.29, 1.82) is 0 Å². The largest absolute Gasteiger partial charge is 0.396 e. The average Bonchev–Trinajstić information content (AvgIpc) is 2.34. The molecule has 0 fully saturated rings. The smallest absolute Gasteiger partial charge is 0.265 e. The van der Waals surface area contributed by atoms with E-state index in [1.807, 2.05) is 12.1 Å². The molecule has 0 aliphatic carbocycles. The second kappa shape index (κ2) is 7.27. The molecule has 1 aromatic rings. The Kier molecular flexibility index (Phi) is 5.92. The van der Waals surface area contributed by atoms with E-state index in [1.54, 1.807) is 23.9 Å². The standard InChI is InChI=1S/C11H16N2O2S/c12-13-11(15)10-4-2-9(3-5-10)8-16-7-1-6-14/h2-5,14H,1,6-8,12H2,(H,13,15). The summed E-state index contributed by atoms with van der Waals surface area (Å²) in [5.74, 6) is 6.59. The molecule has 16 heavy (non-hydrogen) atoms. The molecule has 4 N–H and O–H groups in total. The zero-order valence-electron chi connectivity index (χ0n) is 8.98. The van der Waals surface area contributed by atoms with Crippen LogP contribution in [-0.4, -0.2) is 23.4 Å². The van der Waals surface area contributed by atoms with Gasteiger partial charge in [0.2, 0.25) is 0 Å². The number of benzene rings is 1. The highest BCUT2D eigenvalue weighted by Gasteiger charge is 2.02. The second-order valence-corrected chi connectivity index (χ2v) is 4.41. The molecule has 4 nitrogen and oxygen atoms in total. The van der Waals surface area contributed by atoms with E-state index in [2.05, 4.69) is 5.43 Å². The third-order valence-electron chi connectivity index (χ3n) is 2.06. The van der Waals surface area contributed by atoms with Gasteiger partial charge in [-0.25, -0.2) is 5.84 Å². The van der Waals surface area contributed by atoms with Crippen LogP contribution < -0.4 is 11.3 Å². The minimum atomic E-state index is -0.278. The van der Waals surface area contributed by atoms with E-state index >= 15 is 0 Å². The van der Waals surface area contributed by atoms with Crippen LogP contribution in [0.1, 0.15) is 22.3 Å². The molecular weight excluding hydrogens is 224 g/mol. The SMILES string of the molecule is NNC(=O)c1ccc(CSCCCO)cc1. The molecule has 0 aliphatic heterocycles. The monoisotopic (exact) mass is 240 g/mol.